The van der Waals surface area contributed by atoms with Gasteiger partial charge >= 0.3 is 0 Å². The maximum Gasteiger partial charge on any atom is 0.230 e. The number of Topliss-reactive ketones (excluding diaryl/α,β-unsaturated/α-hetero) is 2. The van der Waals surface area contributed by atoms with E-state index in [4.69, 9.17) is 4.74 Å². The minimum Gasteiger partial charge on any atom is -0.492 e. The van der Waals surface area contributed by atoms with E-state index in [0.717, 1.165) is 0 Å². The Bertz CT molecular complexity index is 804. The van der Waals surface area contributed by atoms with E-state index in [9.17, 15) is 24.6 Å². The third kappa shape index (κ3) is 2.03. The summed E-state index contributed by atoms with van der Waals surface area (Å²) in [6.07, 6.45) is -1.12. The topological polar surface area (TPSA) is 118 Å². The molecule has 1 aliphatic heterocycles. The number of hydrogen-bond donors (Lipinski definition) is 3. The number of aliphatic hydroxyl groups is 2. The quantitative estimate of drug-likeness (QED) is 0.706. The van der Waals surface area contributed by atoms with E-state index >= 15 is 0 Å². The van der Waals surface area contributed by atoms with Gasteiger partial charge in [-0.3, -0.25) is 14.4 Å². The number of rotatable bonds is 3. The van der Waals surface area contributed by atoms with Crippen molar-refractivity contribution in [1.82, 2.24) is 9.88 Å². The number of carbonyl (C=O) groups is 3. The summed E-state index contributed by atoms with van der Waals surface area (Å²) in [6.45, 7) is 2.46. The molecule has 1 aromatic heterocycles. The molecule has 2 aliphatic rings. The minimum absolute atomic E-state index is 0.0561. The van der Waals surface area contributed by atoms with Crippen LogP contribution in [0.15, 0.2) is 11.3 Å². The van der Waals surface area contributed by atoms with Crippen LogP contribution < -0.4 is 5.32 Å². The van der Waals surface area contributed by atoms with E-state index in [2.05, 4.69) is 5.32 Å². The first kappa shape index (κ1) is 16.4. The highest BCUT2D eigenvalue weighted by Crippen LogP contribution is 2.40. The summed E-state index contributed by atoms with van der Waals surface area (Å²) in [5.41, 5.74) is 0.862. The fourth-order valence-corrected chi connectivity index (χ4v) is 3.54. The molecule has 1 aromatic rings. The molecule has 2 heterocycles. The smallest absolute Gasteiger partial charge is 0.230 e. The highest BCUT2D eigenvalue weighted by atomic mass is 16.5. The van der Waals surface area contributed by atoms with Gasteiger partial charge in [0.1, 0.15) is 11.8 Å². The molecule has 8 heteroatoms. The number of ketones is 2. The Labute approximate surface area is 137 Å². The normalized spacial score (nSPS) is 22.5. The molecule has 3 rings (SSSR count). The van der Waals surface area contributed by atoms with Crippen LogP contribution in [0.1, 0.15) is 52.1 Å². The number of hydrogen-bond acceptors (Lipinski definition) is 6. The molecule has 0 fully saturated rings. The molecule has 8 nitrogen and oxygen atoms in total. The van der Waals surface area contributed by atoms with Crippen molar-refractivity contribution in [2.24, 2.45) is 0 Å². The monoisotopic (exact) mass is 334 g/mol. The van der Waals surface area contributed by atoms with Gasteiger partial charge in [0, 0.05) is 24.6 Å². The van der Waals surface area contributed by atoms with Crippen LogP contribution in [0.25, 0.3) is 0 Å². The van der Waals surface area contributed by atoms with Crippen molar-refractivity contribution in [2.45, 2.75) is 39.1 Å². The number of fused-ring (bicyclic) bond motifs is 3. The SMILES string of the molecule is COC1=C(C)C(=O)c2c(c(CO)c3n2CC(NC(C)=O)C3O)C1=O. The van der Waals surface area contributed by atoms with E-state index in [1.165, 1.54) is 25.5 Å². The predicted molar refractivity (Wildman–Crippen MR) is 81.3 cm³/mol. The molecule has 24 heavy (non-hydrogen) atoms. The Morgan fingerprint density at radius 3 is 2.58 bits per heavy atom. The van der Waals surface area contributed by atoms with Crippen molar-refractivity contribution in [3.63, 3.8) is 0 Å². The van der Waals surface area contributed by atoms with Gasteiger partial charge in [-0.25, -0.2) is 0 Å². The summed E-state index contributed by atoms with van der Waals surface area (Å²) >= 11 is 0. The number of methoxy groups -OCH3 is 1. The van der Waals surface area contributed by atoms with Crippen molar-refractivity contribution in [3.8, 4) is 0 Å². The first-order valence-corrected chi connectivity index (χ1v) is 7.49. The van der Waals surface area contributed by atoms with E-state index in [1.807, 2.05) is 0 Å². The lowest BCUT2D eigenvalue weighted by molar-refractivity contribution is -0.120. The lowest BCUT2D eigenvalue weighted by Gasteiger charge is -2.20. The zero-order valence-electron chi connectivity index (χ0n) is 13.5. The maximum absolute atomic E-state index is 12.7. The fraction of sp³-hybridized carbons (Fsp3) is 0.438. The van der Waals surface area contributed by atoms with E-state index in [-0.39, 0.29) is 46.3 Å². The van der Waals surface area contributed by atoms with Gasteiger partial charge in [0.2, 0.25) is 17.5 Å². The Morgan fingerprint density at radius 1 is 1.38 bits per heavy atom. The van der Waals surface area contributed by atoms with E-state index < -0.39 is 30.3 Å². The largest absolute Gasteiger partial charge is 0.492 e. The number of ether oxygens (including phenoxy) is 1. The average Bonchev–Trinajstić information content (AvgIpc) is 3.00. The average molecular weight is 334 g/mol. The Hall–Kier alpha value is -2.45. The molecule has 2 unspecified atom stereocenters. The molecule has 0 radical (unpaired) electrons. The third-order valence-electron chi connectivity index (χ3n) is 4.53. The predicted octanol–water partition coefficient (Wildman–Crippen LogP) is -0.168. The van der Waals surface area contributed by atoms with Crippen LogP contribution >= 0.6 is 0 Å². The van der Waals surface area contributed by atoms with Crippen LogP contribution in [-0.4, -0.2) is 45.4 Å². The molecular formula is C16H18N2O6. The first-order valence-electron chi connectivity index (χ1n) is 7.49. The van der Waals surface area contributed by atoms with Crippen molar-refractivity contribution < 1.29 is 29.3 Å². The molecule has 0 aromatic carbocycles. The lowest BCUT2D eigenvalue weighted by atomic mass is 9.90. The third-order valence-corrected chi connectivity index (χ3v) is 4.53. The van der Waals surface area contributed by atoms with Crippen LogP contribution in [0, 0.1) is 0 Å². The summed E-state index contributed by atoms with van der Waals surface area (Å²) in [6, 6.07) is -0.621. The number of carbonyl (C=O) groups excluding carboxylic acids is 3. The number of allylic oxidation sites excluding steroid dienone is 2. The fourth-order valence-electron chi connectivity index (χ4n) is 3.54. The van der Waals surface area contributed by atoms with Gasteiger partial charge in [-0.05, 0) is 6.92 Å². The molecule has 0 saturated heterocycles. The lowest BCUT2D eigenvalue weighted by Crippen LogP contribution is -2.37. The molecule has 128 valence electrons. The highest BCUT2D eigenvalue weighted by molar-refractivity contribution is 6.26. The molecule has 0 saturated carbocycles. The number of nitrogens with zero attached hydrogens (tertiary/aromatic N) is 1. The van der Waals surface area contributed by atoms with Crippen LogP contribution in [0.3, 0.4) is 0 Å². The molecule has 1 amide bonds. The number of aromatic nitrogens is 1. The zero-order valence-corrected chi connectivity index (χ0v) is 13.5. The van der Waals surface area contributed by atoms with Gasteiger partial charge in [-0.2, -0.15) is 0 Å². The van der Waals surface area contributed by atoms with Crippen molar-refractivity contribution in [1.29, 1.82) is 0 Å². The number of aliphatic hydroxyl groups excluding tert-OH is 2. The molecule has 0 bridgehead atoms. The number of amides is 1. The highest BCUT2D eigenvalue weighted by Gasteiger charge is 2.44. The first-order chi connectivity index (χ1) is 11.3. The second-order valence-electron chi connectivity index (χ2n) is 5.92. The molecule has 3 N–H and O–H groups in total. The zero-order chi connectivity index (χ0) is 17.8. The van der Waals surface area contributed by atoms with Crippen molar-refractivity contribution >= 4 is 17.5 Å². The molecule has 2 atom stereocenters. The van der Waals surface area contributed by atoms with Gasteiger partial charge in [-0.1, -0.05) is 0 Å². The van der Waals surface area contributed by atoms with Crippen LogP contribution in [0.5, 0.6) is 0 Å². The van der Waals surface area contributed by atoms with Gasteiger partial charge in [0.25, 0.3) is 0 Å². The second-order valence-corrected chi connectivity index (χ2v) is 5.92. The Kier molecular flexibility index (Phi) is 3.81. The van der Waals surface area contributed by atoms with Crippen LogP contribution in [-0.2, 0) is 22.7 Å². The van der Waals surface area contributed by atoms with Gasteiger partial charge < -0.3 is 24.8 Å². The standard InChI is InChI=1S/C16H18N2O6/c1-6-13(21)12-10(15(23)16(6)24-3)8(5-19)11-14(22)9(4-18(11)12)17-7(2)20/h9,14,19,22H,4-5H2,1-3H3,(H,17,20). The van der Waals surface area contributed by atoms with E-state index in [0.29, 0.717) is 0 Å². The maximum atomic E-state index is 12.7. The summed E-state index contributed by atoms with van der Waals surface area (Å²) in [7, 11) is 1.30. The van der Waals surface area contributed by atoms with Gasteiger partial charge in [0.15, 0.2) is 5.76 Å². The summed E-state index contributed by atoms with van der Waals surface area (Å²) in [4.78, 5) is 36.6. The van der Waals surface area contributed by atoms with Gasteiger partial charge in [0.05, 0.1) is 31.0 Å². The van der Waals surface area contributed by atoms with Crippen molar-refractivity contribution in [2.75, 3.05) is 7.11 Å². The Balaban J connectivity index is 2.19. The van der Waals surface area contributed by atoms with Crippen LogP contribution in [0.2, 0.25) is 0 Å². The molecule has 0 spiro atoms. The van der Waals surface area contributed by atoms with Gasteiger partial charge in [-0.15, -0.1) is 0 Å². The van der Waals surface area contributed by atoms with Crippen molar-refractivity contribution in [3.05, 3.63) is 33.8 Å². The summed E-state index contributed by atoms with van der Waals surface area (Å²) < 4.78 is 6.56. The Morgan fingerprint density at radius 2 is 2.04 bits per heavy atom. The van der Waals surface area contributed by atoms with E-state index in [1.54, 1.807) is 0 Å². The summed E-state index contributed by atoms with van der Waals surface area (Å²) in [5.74, 6) is -1.25. The molecule has 1 aliphatic carbocycles. The minimum atomic E-state index is -1.12. The molecular weight excluding hydrogens is 316 g/mol. The summed E-state index contributed by atoms with van der Waals surface area (Å²) in [5, 5.41) is 22.8. The van der Waals surface area contributed by atoms with Crippen LogP contribution in [0.4, 0.5) is 0 Å². The second kappa shape index (κ2) is 5.57. The number of nitrogens with one attached hydrogen (secondary N) is 1.